The number of fused-ring (bicyclic) bond motifs is 1. The second-order valence-electron chi connectivity index (χ2n) is 5.46. The van der Waals surface area contributed by atoms with Crippen LogP contribution >= 0.6 is 0 Å². The third kappa shape index (κ3) is 2.51. The number of nitrogens with zero attached hydrogens (tertiary/aromatic N) is 1. The predicted molar refractivity (Wildman–Crippen MR) is 77.3 cm³/mol. The molecule has 0 bridgehead atoms. The Morgan fingerprint density at radius 3 is 2.86 bits per heavy atom. The van der Waals surface area contributed by atoms with E-state index in [2.05, 4.69) is 0 Å². The van der Waals surface area contributed by atoms with Gasteiger partial charge < -0.3 is 14.4 Å². The first-order valence-electron chi connectivity index (χ1n) is 7.10. The van der Waals surface area contributed by atoms with Crippen molar-refractivity contribution in [2.45, 2.75) is 32.2 Å². The standard InChI is InChI=1S/C16H17NO4/c1-10-8-12-9-11(5-6-14(12)21-10)15(18)17-7-3-2-4-13(17)16(19)20/h5-6,8-9,13H,2-4,7H2,1H3,(H,19,20)/t13-/m0/s1. The molecule has 2 heterocycles. The molecule has 5 heteroatoms. The van der Waals surface area contributed by atoms with Crippen molar-refractivity contribution in [2.24, 2.45) is 0 Å². The van der Waals surface area contributed by atoms with Crippen LogP contribution in [0.25, 0.3) is 11.0 Å². The smallest absolute Gasteiger partial charge is 0.326 e. The number of rotatable bonds is 2. The van der Waals surface area contributed by atoms with Crippen LogP contribution in [-0.2, 0) is 4.79 Å². The molecule has 1 aliphatic rings. The third-order valence-corrected chi connectivity index (χ3v) is 3.94. The van der Waals surface area contributed by atoms with Gasteiger partial charge in [-0.2, -0.15) is 0 Å². The number of hydrogen-bond donors (Lipinski definition) is 1. The fourth-order valence-electron chi connectivity index (χ4n) is 2.91. The van der Waals surface area contributed by atoms with Gasteiger partial charge in [-0.05, 0) is 50.5 Å². The van der Waals surface area contributed by atoms with Crippen LogP contribution < -0.4 is 0 Å². The second-order valence-corrected chi connectivity index (χ2v) is 5.46. The number of carboxylic acids is 1. The molecule has 1 N–H and O–H groups in total. The summed E-state index contributed by atoms with van der Waals surface area (Å²) in [7, 11) is 0. The first-order valence-corrected chi connectivity index (χ1v) is 7.10. The maximum Gasteiger partial charge on any atom is 0.326 e. The molecule has 0 saturated carbocycles. The Labute approximate surface area is 122 Å². The van der Waals surface area contributed by atoms with E-state index in [9.17, 15) is 14.7 Å². The number of carbonyl (C=O) groups is 2. The number of benzene rings is 1. The molecule has 0 unspecified atom stereocenters. The van der Waals surface area contributed by atoms with Crippen molar-refractivity contribution in [3.8, 4) is 0 Å². The Morgan fingerprint density at radius 2 is 2.10 bits per heavy atom. The number of hydrogen-bond acceptors (Lipinski definition) is 3. The zero-order valence-electron chi connectivity index (χ0n) is 11.8. The molecule has 110 valence electrons. The van der Waals surface area contributed by atoms with E-state index in [4.69, 9.17) is 4.42 Å². The third-order valence-electron chi connectivity index (χ3n) is 3.94. The summed E-state index contributed by atoms with van der Waals surface area (Å²) < 4.78 is 5.49. The Balaban J connectivity index is 1.92. The summed E-state index contributed by atoms with van der Waals surface area (Å²) in [5.41, 5.74) is 1.24. The molecule has 1 saturated heterocycles. The number of aliphatic carboxylic acids is 1. The number of carboxylic acid groups (broad SMARTS) is 1. The lowest BCUT2D eigenvalue weighted by Gasteiger charge is -2.33. The molecule has 0 aliphatic carbocycles. The van der Waals surface area contributed by atoms with Gasteiger partial charge in [-0.1, -0.05) is 0 Å². The molecule has 0 spiro atoms. The zero-order valence-corrected chi connectivity index (χ0v) is 11.8. The lowest BCUT2D eigenvalue weighted by molar-refractivity contribution is -0.143. The Hall–Kier alpha value is -2.30. The average Bonchev–Trinajstić information content (AvgIpc) is 2.85. The minimum absolute atomic E-state index is 0.220. The van der Waals surface area contributed by atoms with E-state index in [1.165, 1.54) is 4.90 Å². The van der Waals surface area contributed by atoms with Gasteiger partial charge in [-0.25, -0.2) is 4.79 Å². The van der Waals surface area contributed by atoms with Gasteiger partial charge in [0.05, 0.1) is 0 Å². The number of piperidine rings is 1. The number of amides is 1. The topological polar surface area (TPSA) is 70.8 Å². The summed E-state index contributed by atoms with van der Waals surface area (Å²) in [4.78, 5) is 25.4. The molecular formula is C16H17NO4. The average molecular weight is 287 g/mol. The van der Waals surface area contributed by atoms with Crippen LogP contribution in [-0.4, -0.2) is 34.5 Å². The van der Waals surface area contributed by atoms with Gasteiger partial charge in [0.1, 0.15) is 17.4 Å². The van der Waals surface area contributed by atoms with Crippen LogP contribution in [0.3, 0.4) is 0 Å². The van der Waals surface area contributed by atoms with E-state index in [1.807, 2.05) is 13.0 Å². The molecule has 3 rings (SSSR count). The second kappa shape index (κ2) is 5.24. The van der Waals surface area contributed by atoms with E-state index in [-0.39, 0.29) is 5.91 Å². The van der Waals surface area contributed by atoms with Crippen LogP contribution in [0.1, 0.15) is 35.4 Å². The zero-order chi connectivity index (χ0) is 15.0. The summed E-state index contributed by atoms with van der Waals surface area (Å²) >= 11 is 0. The number of carbonyl (C=O) groups excluding carboxylic acids is 1. The monoisotopic (exact) mass is 287 g/mol. The molecule has 1 aromatic carbocycles. The first-order chi connectivity index (χ1) is 10.1. The maximum atomic E-state index is 12.6. The van der Waals surface area contributed by atoms with Gasteiger partial charge in [0.2, 0.25) is 0 Å². The van der Waals surface area contributed by atoms with Crippen molar-refractivity contribution in [1.82, 2.24) is 4.90 Å². The molecule has 1 aliphatic heterocycles. The van der Waals surface area contributed by atoms with Gasteiger partial charge in [-0.15, -0.1) is 0 Å². The van der Waals surface area contributed by atoms with Crippen LogP contribution in [0.15, 0.2) is 28.7 Å². The normalized spacial score (nSPS) is 18.9. The molecule has 5 nitrogen and oxygen atoms in total. The molecule has 1 aromatic heterocycles. The minimum atomic E-state index is -0.928. The molecule has 0 radical (unpaired) electrons. The van der Waals surface area contributed by atoms with Gasteiger partial charge >= 0.3 is 5.97 Å². The van der Waals surface area contributed by atoms with Crippen molar-refractivity contribution >= 4 is 22.8 Å². The highest BCUT2D eigenvalue weighted by Gasteiger charge is 2.32. The highest BCUT2D eigenvalue weighted by atomic mass is 16.4. The molecule has 2 aromatic rings. The summed E-state index contributed by atoms with van der Waals surface area (Å²) in [6, 6.07) is 6.38. The highest BCUT2D eigenvalue weighted by Crippen LogP contribution is 2.24. The lowest BCUT2D eigenvalue weighted by atomic mass is 10.0. The SMILES string of the molecule is Cc1cc2cc(C(=O)N3CCCC[C@H]3C(=O)O)ccc2o1. The van der Waals surface area contributed by atoms with Crippen LogP contribution in [0.2, 0.25) is 0 Å². The Bertz CT molecular complexity index is 703. The van der Waals surface area contributed by atoms with Crippen molar-refractivity contribution in [3.63, 3.8) is 0 Å². The van der Waals surface area contributed by atoms with Gasteiger partial charge in [-0.3, -0.25) is 4.79 Å². The molecule has 1 amide bonds. The highest BCUT2D eigenvalue weighted by molar-refractivity contribution is 5.99. The number of furan rings is 1. The number of aryl methyl sites for hydroxylation is 1. The van der Waals surface area contributed by atoms with E-state index in [0.29, 0.717) is 18.5 Å². The Kier molecular flexibility index (Phi) is 3.41. The van der Waals surface area contributed by atoms with Crippen LogP contribution in [0, 0.1) is 6.92 Å². The van der Waals surface area contributed by atoms with Gasteiger partial charge in [0.25, 0.3) is 5.91 Å². The summed E-state index contributed by atoms with van der Waals surface area (Å²) in [6.45, 7) is 2.35. The number of likely N-dealkylation sites (tertiary alicyclic amines) is 1. The van der Waals surface area contributed by atoms with Crippen LogP contribution in [0.4, 0.5) is 0 Å². The molecule has 21 heavy (non-hydrogen) atoms. The van der Waals surface area contributed by atoms with Crippen molar-refractivity contribution < 1.29 is 19.1 Å². The fraction of sp³-hybridized carbons (Fsp3) is 0.375. The largest absolute Gasteiger partial charge is 0.480 e. The quantitative estimate of drug-likeness (QED) is 0.922. The van der Waals surface area contributed by atoms with E-state index in [0.717, 1.165) is 29.6 Å². The van der Waals surface area contributed by atoms with Gasteiger partial charge in [0, 0.05) is 17.5 Å². The predicted octanol–water partition coefficient (Wildman–Crippen LogP) is 2.82. The van der Waals surface area contributed by atoms with Crippen molar-refractivity contribution in [3.05, 3.63) is 35.6 Å². The summed E-state index contributed by atoms with van der Waals surface area (Å²) in [5, 5.41) is 10.1. The van der Waals surface area contributed by atoms with Crippen molar-refractivity contribution in [2.75, 3.05) is 6.54 Å². The van der Waals surface area contributed by atoms with Crippen LogP contribution in [0.5, 0.6) is 0 Å². The Morgan fingerprint density at radius 1 is 1.29 bits per heavy atom. The van der Waals surface area contributed by atoms with E-state index in [1.54, 1.807) is 18.2 Å². The lowest BCUT2D eigenvalue weighted by Crippen LogP contribution is -2.47. The summed E-state index contributed by atoms with van der Waals surface area (Å²) in [5.74, 6) is -0.359. The minimum Gasteiger partial charge on any atom is -0.480 e. The molecule has 1 fully saturated rings. The van der Waals surface area contributed by atoms with E-state index >= 15 is 0 Å². The maximum absolute atomic E-state index is 12.6. The summed E-state index contributed by atoms with van der Waals surface area (Å²) in [6.07, 6.45) is 2.22. The first kappa shape index (κ1) is 13.7. The molecule has 1 atom stereocenters. The van der Waals surface area contributed by atoms with Gasteiger partial charge in [0.15, 0.2) is 0 Å². The molecular weight excluding hydrogens is 270 g/mol. The van der Waals surface area contributed by atoms with Crippen molar-refractivity contribution in [1.29, 1.82) is 0 Å². The van der Waals surface area contributed by atoms with E-state index < -0.39 is 12.0 Å². The fourth-order valence-corrected chi connectivity index (χ4v) is 2.91.